The number of esters is 1. The standard InChI is InChI=1S/C31H31Br2ClN4O7/c1-4-43-25-12-18(28-27(30(40)42-3)17(2)36-31(41)37-28)9-10-24(25)44-16-26(39)38-35-14-20-11-21(32)13-22(33)29(20)45-15-19-7-5-6-8-23(19)34/h5-14,26,28,38-39H,4,15-16H2,1-3H3,(H2,36,37,41)/b35-14+/t26-,28+/m0/s1. The van der Waals surface area contributed by atoms with Gasteiger partial charge in [0.1, 0.15) is 19.0 Å². The lowest BCUT2D eigenvalue weighted by Crippen LogP contribution is -2.45. The van der Waals surface area contributed by atoms with Crippen LogP contribution in [0.1, 0.15) is 36.6 Å². The molecule has 2 amide bonds. The zero-order chi connectivity index (χ0) is 32.5. The third kappa shape index (κ3) is 8.91. The number of nitrogens with one attached hydrogen (secondary N) is 3. The van der Waals surface area contributed by atoms with Gasteiger partial charge in [0.25, 0.3) is 0 Å². The lowest BCUT2D eigenvalue weighted by atomic mass is 9.95. The highest BCUT2D eigenvalue weighted by molar-refractivity contribution is 9.11. The summed E-state index contributed by atoms with van der Waals surface area (Å²) in [6.45, 7) is 3.83. The molecule has 1 aliphatic rings. The van der Waals surface area contributed by atoms with Gasteiger partial charge in [0.2, 0.25) is 0 Å². The van der Waals surface area contributed by atoms with Crippen LogP contribution in [0, 0.1) is 0 Å². The van der Waals surface area contributed by atoms with Crippen LogP contribution in [0.3, 0.4) is 0 Å². The molecule has 0 fully saturated rings. The van der Waals surface area contributed by atoms with Crippen molar-refractivity contribution < 1.29 is 33.6 Å². The Labute approximate surface area is 282 Å². The number of hydrazone groups is 1. The summed E-state index contributed by atoms with van der Waals surface area (Å²) in [7, 11) is 1.27. The largest absolute Gasteiger partial charge is 0.490 e. The number of carbonyl (C=O) groups excluding carboxylic acids is 2. The quantitative estimate of drug-likeness (QED) is 0.0724. The molecule has 0 saturated carbocycles. The predicted molar refractivity (Wildman–Crippen MR) is 177 cm³/mol. The van der Waals surface area contributed by atoms with Crippen molar-refractivity contribution in [1.29, 1.82) is 0 Å². The summed E-state index contributed by atoms with van der Waals surface area (Å²) in [6.07, 6.45) is 0.335. The highest BCUT2D eigenvalue weighted by atomic mass is 79.9. The number of aliphatic hydroxyl groups is 1. The molecule has 0 unspecified atom stereocenters. The van der Waals surface area contributed by atoms with Crippen molar-refractivity contribution in [3.63, 3.8) is 0 Å². The molecule has 0 radical (unpaired) electrons. The van der Waals surface area contributed by atoms with Gasteiger partial charge in [0, 0.05) is 26.3 Å². The van der Waals surface area contributed by atoms with Gasteiger partial charge >= 0.3 is 12.0 Å². The first-order chi connectivity index (χ1) is 21.6. The average molecular weight is 767 g/mol. The number of rotatable bonds is 13. The van der Waals surface area contributed by atoms with Gasteiger partial charge in [-0.15, -0.1) is 0 Å². The minimum Gasteiger partial charge on any atom is -0.490 e. The second-order valence-corrected chi connectivity index (χ2v) is 11.8. The minimum atomic E-state index is -1.18. The van der Waals surface area contributed by atoms with Gasteiger partial charge in [0.05, 0.1) is 36.0 Å². The molecule has 0 aliphatic carbocycles. The summed E-state index contributed by atoms with van der Waals surface area (Å²) in [4.78, 5) is 24.6. The number of carbonyl (C=O) groups is 2. The molecule has 0 aromatic heterocycles. The number of nitrogens with zero attached hydrogens (tertiary/aromatic N) is 1. The van der Waals surface area contributed by atoms with E-state index in [1.165, 1.54) is 13.3 Å². The van der Waals surface area contributed by atoms with E-state index in [4.69, 9.17) is 30.5 Å². The molecular weight excluding hydrogens is 736 g/mol. The van der Waals surface area contributed by atoms with Crippen LogP contribution < -0.4 is 30.3 Å². The highest BCUT2D eigenvalue weighted by Gasteiger charge is 2.32. The van der Waals surface area contributed by atoms with E-state index in [1.807, 2.05) is 37.3 Å². The molecule has 3 aromatic carbocycles. The van der Waals surface area contributed by atoms with E-state index in [0.717, 1.165) is 10.0 Å². The molecule has 45 heavy (non-hydrogen) atoms. The lowest BCUT2D eigenvalue weighted by molar-refractivity contribution is -0.136. The minimum absolute atomic E-state index is 0.175. The second-order valence-electron chi connectivity index (χ2n) is 9.60. The van der Waals surface area contributed by atoms with Crippen molar-refractivity contribution in [2.24, 2.45) is 5.10 Å². The van der Waals surface area contributed by atoms with Gasteiger partial charge < -0.3 is 34.7 Å². The number of amides is 2. The first-order valence-electron chi connectivity index (χ1n) is 13.7. The molecule has 2 atom stereocenters. The van der Waals surface area contributed by atoms with Crippen LogP contribution in [-0.4, -0.2) is 49.9 Å². The summed E-state index contributed by atoms with van der Waals surface area (Å²) in [5.41, 5.74) is 5.34. The second kappa shape index (κ2) is 16.0. The van der Waals surface area contributed by atoms with Gasteiger partial charge in [-0.25, -0.2) is 9.59 Å². The maximum absolute atomic E-state index is 12.5. The smallest absolute Gasteiger partial charge is 0.337 e. The molecule has 1 aliphatic heterocycles. The van der Waals surface area contributed by atoms with Crippen LogP contribution in [-0.2, 0) is 16.1 Å². The number of urea groups is 1. The summed E-state index contributed by atoms with van der Waals surface area (Å²) in [5.74, 6) is 0.672. The van der Waals surface area contributed by atoms with Gasteiger partial charge in [-0.05, 0) is 65.7 Å². The van der Waals surface area contributed by atoms with Crippen molar-refractivity contribution in [3.05, 3.63) is 96.5 Å². The fourth-order valence-corrected chi connectivity index (χ4v) is 5.97. The van der Waals surface area contributed by atoms with Crippen LogP contribution in [0.25, 0.3) is 0 Å². The van der Waals surface area contributed by atoms with Crippen molar-refractivity contribution >= 4 is 61.7 Å². The van der Waals surface area contributed by atoms with Crippen molar-refractivity contribution in [3.8, 4) is 17.2 Å². The van der Waals surface area contributed by atoms with Gasteiger partial charge in [0.15, 0.2) is 17.7 Å². The Balaban J connectivity index is 1.43. The number of ether oxygens (including phenoxy) is 4. The Morgan fingerprint density at radius 3 is 2.64 bits per heavy atom. The van der Waals surface area contributed by atoms with Gasteiger partial charge in [-0.3, -0.25) is 5.43 Å². The number of hydrogen-bond acceptors (Lipinski definition) is 9. The summed E-state index contributed by atoms with van der Waals surface area (Å²) in [6, 6.07) is 14.9. The van der Waals surface area contributed by atoms with E-state index < -0.39 is 24.3 Å². The first kappa shape index (κ1) is 34.1. The lowest BCUT2D eigenvalue weighted by Gasteiger charge is -2.28. The Bertz CT molecular complexity index is 1620. The summed E-state index contributed by atoms with van der Waals surface area (Å²) < 4.78 is 24.1. The fourth-order valence-electron chi connectivity index (χ4n) is 4.41. The predicted octanol–water partition coefficient (Wildman–Crippen LogP) is 5.96. The third-order valence-electron chi connectivity index (χ3n) is 6.47. The van der Waals surface area contributed by atoms with Crippen molar-refractivity contribution in [1.82, 2.24) is 16.1 Å². The molecule has 11 nitrogen and oxygen atoms in total. The fraction of sp³-hybridized carbons (Fsp3) is 0.258. The van der Waals surface area contributed by atoms with Crippen LogP contribution in [0.4, 0.5) is 4.79 Å². The number of aliphatic hydroxyl groups excluding tert-OH is 1. The highest BCUT2D eigenvalue weighted by Crippen LogP contribution is 2.35. The van der Waals surface area contributed by atoms with Crippen LogP contribution in [0.2, 0.25) is 5.02 Å². The maximum atomic E-state index is 12.5. The maximum Gasteiger partial charge on any atom is 0.337 e. The topological polar surface area (TPSA) is 140 Å². The molecule has 3 aromatic rings. The molecule has 0 bridgehead atoms. The van der Waals surface area contributed by atoms with Gasteiger partial charge in [-0.2, -0.15) is 5.10 Å². The van der Waals surface area contributed by atoms with E-state index >= 15 is 0 Å². The molecule has 238 valence electrons. The molecule has 4 rings (SSSR count). The van der Waals surface area contributed by atoms with E-state index in [2.05, 4.69) is 53.0 Å². The number of benzene rings is 3. The monoisotopic (exact) mass is 764 g/mol. The summed E-state index contributed by atoms with van der Waals surface area (Å²) >= 11 is 13.3. The van der Waals surface area contributed by atoms with E-state index in [9.17, 15) is 14.7 Å². The molecule has 0 spiro atoms. The van der Waals surface area contributed by atoms with Crippen LogP contribution in [0.15, 0.2) is 79.9 Å². The first-order valence-corrected chi connectivity index (χ1v) is 15.7. The number of allylic oxidation sites excluding steroid dienone is 1. The van der Waals surface area contributed by atoms with Crippen molar-refractivity contribution in [2.75, 3.05) is 20.3 Å². The Hall–Kier alpha value is -3.78. The Kier molecular flexibility index (Phi) is 12.1. The normalized spacial score (nSPS) is 15.3. The zero-order valence-corrected chi connectivity index (χ0v) is 28.5. The molecule has 1 heterocycles. The Morgan fingerprint density at radius 1 is 1.13 bits per heavy atom. The molecule has 4 N–H and O–H groups in total. The number of hydrogen-bond donors (Lipinski definition) is 4. The number of methoxy groups -OCH3 is 1. The SMILES string of the molecule is CCOc1cc([C@H]2NC(=O)NC(C)=C2C(=O)OC)ccc1OC[C@H](O)N/N=C/c1cc(Br)cc(Br)c1OCc1ccccc1Cl. The number of halogens is 3. The average Bonchev–Trinajstić information content (AvgIpc) is 3.00. The van der Waals surface area contributed by atoms with E-state index in [-0.39, 0.29) is 18.8 Å². The van der Waals surface area contributed by atoms with Crippen molar-refractivity contribution in [2.45, 2.75) is 32.7 Å². The van der Waals surface area contributed by atoms with Gasteiger partial charge in [-0.1, -0.05) is 51.8 Å². The zero-order valence-electron chi connectivity index (χ0n) is 24.5. The Morgan fingerprint density at radius 2 is 1.91 bits per heavy atom. The van der Waals surface area contributed by atoms with E-state index in [0.29, 0.717) is 50.2 Å². The van der Waals surface area contributed by atoms with Crippen LogP contribution in [0.5, 0.6) is 17.2 Å². The third-order valence-corrected chi connectivity index (χ3v) is 7.88. The van der Waals surface area contributed by atoms with Crippen LogP contribution >= 0.6 is 43.5 Å². The molecule has 0 saturated heterocycles. The molecular formula is C31H31Br2ClN4O7. The molecule has 14 heteroatoms. The summed E-state index contributed by atoms with van der Waals surface area (Å²) in [5, 5.41) is 20.6. The van der Waals surface area contributed by atoms with E-state index in [1.54, 1.807) is 31.2 Å².